The maximum atomic E-state index is 11.7. The number of aryl methyl sites for hydroxylation is 1. The number of nitrogens with two attached hydrogens (primary N) is 1. The van der Waals surface area contributed by atoms with Crippen LogP contribution in [0.15, 0.2) is 60.5 Å². The number of nitrogens with zero attached hydrogens (tertiary/aromatic N) is 2. The number of halogens is 1. The van der Waals surface area contributed by atoms with Crippen molar-refractivity contribution in [3.05, 3.63) is 71.1 Å². The van der Waals surface area contributed by atoms with Gasteiger partial charge in [0.15, 0.2) is 5.78 Å². The minimum atomic E-state index is 0.0619. The fourth-order valence-electron chi connectivity index (χ4n) is 3.14. The number of piperazine rings is 1. The molecule has 1 aliphatic rings. The molecule has 1 atom stereocenters. The second-order valence-electron chi connectivity index (χ2n) is 7.91. The zero-order valence-electron chi connectivity index (χ0n) is 21.0. The molecule has 1 aromatic rings. The summed E-state index contributed by atoms with van der Waals surface area (Å²) in [5.41, 5.74) is 8.07. The van der Waals surface area contributed by atoms with Gasteiger partial charge in [-0.2, -0.15) is 0 Å². The molecule has 1 heterocycles. The zero-order chi connectivity index (χ0) is 25.2. The van der Waals surface area contributed by atoms with E-state index in [-0.39, 0.29) is 11.8 Å². The quantitative estimate of drug-likeness (QED) is 0.225. The third-order valence-electron chi connectivity index (χ3n) is 4.91. The number of amides is 1. The van der Waals surface area contributed by atoms with E-state index in [1.807, 2.05) is 61.2 Å². The van der Waals surface area contributed by atoms with Crippen LogP contribution < -0.4 is 5.73 Å². The predicted octanol–water partition coefficient (Wildman–Crippen LogP) is 5.75. The van der Waals surface area contributed by atoms with Crippen LogP contribution in [0.3, 0.4) is 0 Å². The molecule has 6 heteroatoms. The van der Waals surface area contributed by atoms with Gasteiger partial charge in [0.25, 0.3) is 0 Å². The number of allylic oxidation sites excluding steroid dienone is 3. The van der Waals surface area contributed by atoms with E-state index < -0.39 is 0 Å². The first kappa shape index (κ1) is 30.6. The minimum Gasteiger partial charge on any atom is -0.340 e. The molecule has 0 radical (unpaired) electrons. The molecule has 1 fully saturated rings. The molecular weight excluding hydrogens is 434 g/mol. The Bertz CT molecular complexity index is 787. The first-order valence-corrected chi connectivity index (χ1v) is 12.1. The van der Waals surface area contributed by atoms with E-state index in [1.54, 1.807) is 11.8 Å². The molecule has 0 aliphatic carbocycles. The lowest BCUT2D eigenvalue weighted by Gasteiger charge is -2.36. The predicted molar refractivity (Wildman–Crippen MR) is 141 cm³/mol. The van der Waals surface area contributed by atoms with Gasteiger partial charge in [-0.15, -0.1) is 0 Å². The lowest BCUT2D eigenvalue weighted by molar-refractivity contribution is -0.118. The van der Waals surface area contributed by atoms with E-state index in [0.29, 0.717) is 19.6 Å². The van der Waals surface area contributed by atoms with Gasteiger partial charge in [-0.25, -0.2) is 0 Å². The highest BCUT2D eigenvalue weighted by molar-refractivity contribution is 6.31. The average molecular weight is 476 g/mol. The van der Waals surface area contributed by atoms with Gasteiger partial charge in [0, 0.05) is 36.8 Å². The Morgan fingerprint density at radius 2 is 1.94 bits per heavy atom. The number of unbranched alkanes of at least 4 members (excludes halogenated alkanes) is 2. The second-order valence-corrected chi connectivity index (χ2v) is 8.32. The van der Waals surface area contributed by atoms with Crippen molar-refractivity contribution in [3.63, 3.8) is 0 Å². The molecule has 184 valence electrons. The molecule has 33 heavy (non-hydrogen) atoms. The highest BCUT2D eigenvalue weighted by Crippen LogP contribution is 2.19. The number of carbonyl (C=O) groups excluding carboxylic acids is 2. The van der Waals surface area contributed by atoms with Gasteiger partial charge < -0.3 is 15.5 Å². The van der Waals surface area contributed by atoms with Gasteiger partial charge in [0.2, 0.25) is 6.41 Å². The van der Waals surface area contributed by atoms with Crippen LogP contribution in [0.1, 0.15) is 59.4 Å². The fraction of sp³-hybridized carbons (Fsp3) is 0.481. The van der Waals surface area contributed by atoms with Crippen LogP contribution in [0.4, 0.5) is 0 Å². The number of hydrogen-bond donors (Lipinski definition) is 1. The number of carbonyl (C=O) groups is 2. The summed E-state index contributed by atoms with van der Waals surface area (Å²) in [6.07, 6.45) is 10.8. The number of benzene rings is 1. The van der Waals surface area contributed by atoms with Crippen molar-refractivity contribution in [3.8, 4) is 0 Å². The SMILES string of the molecule is C/C=C/C(C)N.C=C1CN(C=O)CCN1/C(=C\CCCC)C(C)=O.CCc1ccccc1Cl. The molecule has 5 nitrogen and oxygen atoms in total. The van der Waals surface area contributed by atoms with Crippen molar-refractivity contribution in [2.75, 3.05) is 19.6 Å². The Balaban J connectivity index is 0.000000563. The van der Waals surface area contributed by atoms with Crippen LogP contribution >= 0.6 is 11.6 Å². The number of ketones is 1. The van der Waals surface area contributed by atoms with Crippen molar-refractivity contribution in [2.24, 2.45) is 5.73 Å². The van der Waals surface area contributed by atoms with Crippen molar-refractivity contribution in [1.29, 1.82) is 0 Å². The third kappa shape index (κ3) is 13.1. The van der Waals surface area contributed by atoms with E-state index in [2.05, 4.69) is 20.4 Å². The summed E-state index contributed by atoms with van der Waals surface area (Å²) in [5.74, 6) is 0.0619. The van der Waals surface area contributed by atoms with Gasteiger partial charge in [0.05, 0.1) is 12.2 Å². The van der Waals surface area contributed by atoms with Crippen molar-refractivity contribution < 1.29 is 9.59 Å². The highest BCUT2D eigenvalue weighted by atomic mass is 35.5. The molecule has 0 bridgehead atoms. The Hall–Kier alpha value is -2.37. The van der Waals surface area contributed by atoms with E-state index >= 15 is 0 Å². The van der Waals surface area contributed by atoms with Crippen LogP contribution in [0.25, 0.3) is 0 Å². The molecule has 0 saturated carbocycles. The summed E-state index contributed by atoms with van der Waals surface area (Å²) in [7, 11) is 0. The molecule has 1 saturated heterocycles. The maximum Gasteiger partial charge on any atom is 0.210 e. The summed E-state index contributed by atoms with van der Waals surface area (Å²) < 4.78 is 0. The summed E-state index contributed by atoms with van der Waals surface area (Å²) in [6.45, 7) is 15.5. The van der Waals surface area contributed by atoms with Crippen LogP contribution in [-0.2, 0) is 16.0 Å². The summed E-state index contributed by atoms with van der Waals surface area (Å²) in [4.78, 5) is 26.0. The first-order valence-electron chi connectivity index (χ1n) is 11.7. The molecule has 0 aromatic heterocycles. The van der Waals surface area contributed by atoms with Crippen LogP contribution in [-0.4, -0.2) is 47.7 Å². The topological polar surface area (TPSA) is 66.6 Å². The highest BCUT2D eigenvalue weighted by Gasteiger charge is 2.23. The zero-order valence-corrected chi connectivity index (χ0v) is 21.8. The van der Waals surface area contributed by atoms with Crippen molar-refractivity contribution >= 4 is 23.8 Å². The smallest absolute Gasteiger partial charge is 0.210 e. The van der Waals surface area contributed by atoms with E-state index in [9.17, 15) is 9.59 Å². The molecule has 1 amide bonds. The van der Waals surface area contributed by atoms with Crippen LogP contribution in [0, 0.1) is 0 Å². The van der Waals surface area contributed by atoms with Gasteiger partial charge in [-0.05, 0) is 44.7 Å². The summed E-state index contributed by atoms with van der Waals surface area (Å²) in [5, 5.41) is 0.875. The van der Waals surface area contributed by atoms with Gasteiger partial charge in [-0.1, -0.05) is 74.9 Å². The largest absolute Gasteiger partial charge is 0.340 e. The van der Waals surface area contributed by atoms with Crippen molar-refractivity contribution in [1.82, 2.24) is 9.80 Å². The fourth-order valence-corrected chi connectivity index (χ4v) is 3.41. The molecule has 2 N–H and O–H groups in total. The normalized spacial score (nSPS) is 14.8. The minimum absolute atomic E-state index is 0.0619. The van der Waals surface area contributed by atoms with Crippen molar-refractivity contribution in [2.45, 2.75) is 66.3 Å². The third-order valence-corrected chi connectivity index (χ3v) is 5.28. The number of hydrogen-bond acceptors (Lipinski definition) is 4. The number of Topliss-reactive ketones (excluding diaryl/α,β-unsaturated/α-hetero) is 1. The molecule has 1 aliphatic heterocycles. The Kier molecular flexibility index (Phi) is 16.8. The number of rotatable bonds is 8. The lowest BCUT2D eigenvalue weighted by Crippen LogP contribution is -2.44. The van der Waals surface area contributed by atoms with Crippen LogP contribution in [0.2, 0.25) is 5.02 Å². The van der Waals surface area contributed by atoms with E-state index in [4.69, 9.17) is 17.3 Å². The van der Waals surface area contributed by atoms with Gasteiger partial charge in [-0.3, -0.25) is 9.59 Å². The molecular formula is C27H42ClN3O2. The summed E-state index contributed by atoms with van der Waals surface area (Å²) in [6, 6.07) is 8.13. The molecule has 1 aromatic carbocycles. The summed E-state index contributed by atoms with van der Waals surface area (Å²) >= 11 is 5.82. The van der Waals surface area contributed by atoms with E-state index in [0.717, 1.165) is 48.5 Å². The Morgan fingerprint density at radius 1 is 1.27 bits per heavy atom. The molecule has 1 unspecified atom stereocenters. The average Bonchev–Trinajstić information content (AvgIpc) is 2.78. The molecule has 0 spiro atoms. The van der Waals surface area contributed by atoms with Crippen LogP contribution in [0.5, 0.6) is 0 Å². The molecule has 2 rings (SSSR count). The van der Waals surface area contributed by atoms with Gasteiger partial charge in [0.1, 0.15) is 0 Å². The Morgan fingerprint density at radius 3 is 2.33 bits per heavy atom. The standard InChI is InChI=1S/C14H22N2O2.C8H9Cl.C5H11N/c1-4-5-6-7-14(13(3)18)16-9-8-15(11-17)10-12(16)2;1-2-7-5-3-4-6-8(7)9;1-3-4-5(2)6/h7,11H,2,4-6,8-10H2,1,3H3;3-6H,2H2,1H3;3-5H,6H2,1-2H3/b14-7-;;4-3+. The maximum absolute atomic E-state index is 11.7. The lowest BCUT2D eigenvalue weighted by atomic mass is 10.1. The Labute approximate surface area is 206 Å². The van der Waals surface area contributed by atoms with E-state index in [1.165, 1.54) is 5.56 Å². The monoisotopic (exact) mass is 475 g/mol. The van der Waals surface area contributed by atoms with Gasteiger partial charge >= 0.3 is 0 Å². The second kappa shape index (κ2) is 18.1. The first-order chi connectivity index (χ1) is 15.7.